The molecule has 112 valence electrons. The summed E-state index contributed by atoms with van der Waals surface area (Å²) in [6, 6.07) is 0. The van der Waals surface area contributed by atoms with Crippen molar-refractivity contribution in [2.75, 3.05) is 18.4 Å². The lowest BCUT2D eigenvalue weighted by molar-refractivity contribution is -0.120. The van der Waals surface area contributed by atoms with E-state index < -0.39 is 0 Å². The zero-order valence-corrected chi connectivity index (χ0v) is 15.5. The predicted molar refractivity (Wildman–Crippen MR) is 91.4 cm³/mol. The molecule has 0 aliphatic carbocycles. The van der Waals surface area contributed by atoms with Gasteiger partial charge in [-0.15, -0.1) is 0 Å². The van der Waals surface area contributed by atoms with Crippen molar-refractivity contribution in [3.63, 3.8) is 0 Å². The molecule has 1 amide bonds. The van der Waals surface area contributed by atoms with Crippen molar-refractivity contribution in [1.29, 1.82) is 0 Å². The lowest BCUT2D eigenvalue weighted by Crippen LogP contribution is -2.33. The topological polar surface area (TPSA) is 41.1 Å². The quantitative estimate of drug-likeness (QED) is 0.282. The minimum atomic E-state index is -0.255. The van der Waals surface area contributed by atoms with Gasteiger partial charge in [0.25, 0.3) is 0 Å². The SMILES string of the molecule is CC(Br)C(=O)NCCNc1c(Cl)c(Cl)c(Cl)c(Cl)c1Cl. The van der Waals surface area contributed by atoms with Crippen LogP contribution < -0.4 is 10.6 Å². The van der Waals surface area contributed by atoms with E-state index in [1.54, 1.807) is 6.92 Å². The lowest BCUT2D eigenvalue weighted by Gasteiger charge is -2.14. The molecule has 0 saturated carbocycles. The van der Waals surface area contributed by atoms with E-state index in [9.17, 15) is 4.79 Å². The molecule has 0 bridgehead atoms. The summed E-state index contributed by atoms with van der Waals surface area (Å²) >= 11 is 33.0. The maximum Gasteiger partial charge on any atom is 0.233 e. The van der Waals surface area contributed by atoms with Crippen molar-refractivity contribution >= 4 is 85.5 Å². The zero-order valence-electron chi connectivity index (χ0n) is 10.2. The Labute approximate surface area is 150 Å². The van der Waals surface area contributed by atoms with Gasteiger partial charge >= 0.3 is 0 Å². The Bertz CT molecular complexity index is 495. The number of benzene rings is 1. The smallest absolute Gasteiger partial charge is 0.233 e. The predicted octanol–water partition coefficient (Wildman–Crippen LogP) is 5.27. The molecule has 0 aromatic heterocycles. The Morgan fingerprint density at radius 3 is 1.90 bits per heavy atom. The Morgan fingerprint density at radius 1 is 1.00 bits per heavy atom. The highest BCUT2D eigenvalue weighted by Crippen LogP contribution is 2.46. The summed E-state index contributed by atoms with van der Waals surface area (Å²) in [6.07, 6.45) is 0. The summed E-state index contributed by atoms with van der Waals surface area (Å²) in [6.45, 7) is 2.52. The molecule has 0 aliphatic heterocycles. The van der Waals surface area contributed by atoms with Crippen LogP contribution in [-0.2, 0) is 4.79 Å². The van der Waals surface area contributed by atoms with Crippen LogP contribution >= 0.6 is 73.9 Å². The molecule has 2 N–H and O–H groups in total. The molecule has 0 heterocycles. The summed E-state index contributed by atoms with van der Waals surface area (Å²) in [5.41, 5.74) is 0.383. The van der Waals surface area contributed by atoms with Crippen molar-refractivity contribution in [2.24, 2.45) is 0 Å². The third-order valence-corrected chi connectivity index (χ3v) is 4.99. The molecule has 3 nitrogen and oxygen atoms in total. The monoisotopic (exact) mass is 440 g/mol. The molecule has 1 aromatic rings. The Morgan fingerprint density at radius 2 is 1.45 bits per heavy atom. The molecule has 0 radical (unpaired) electrons. The normalized spacial score (nSPS) is 12.2. The van der Waals surface area contributed by atoms with Crippen molar-refractivity contribution in [2.45, 2.75) is 11.8 Å². The molecule has 0 fully saturated rings. The molecular weight excluding hydrogens is 433 g/mol. The van der Waals surface area contributed by atoms with Gasteiger partial charge in [0.1, 0.15) is 0 Å². The number of carbonyl (C=O) groups excluding carboxylic acids is 1. The van der Waals surface area contributed by atoms with Gasteiger partial charge in [0.05, 0.1) is 35.6 Å². The van der Waals surface area contributed by atoms with E-state index >= 15 is 0 Å². The fourth-order valence-electron chi connectivity index (χ4n) is 1.27. The lowest BCUT2D eigenvalue weighted by atomic mass is 10.3. The van der Waals surface area contributed by atoms with Gasteiger partial charge in [-0.2, -0.15) is 0 Å². The molecule has 0 spiro atoms. The summed E-state index contributed by atoms with van der Waals surface area (Å²) < 4.78 is 0. The molecule has 1 aromatic carbocycles. The standard InChI is InChI=1S/C11H10BrCl5N2O/c1-4(12)11(20)19-3-2-18-10-8(16)6(14)5(13)7(15)9(10)17/h4,18H,2-3H2,1H3,(H,19,20). The Kier molecular flexibility index (Phi) is 7.53. The largest absolute Gasteiger partial charge is 0.381 e. The van der Waals surface area contributed by atoms with Gasteiger partial charge in [0.15, 0.2) is 0 Å². The fourth-order valence-corrected chi connectivity index (χ4v) is 2.71. The van der Waals surface area contributed by atoms with Gasteiger partial charge in [-0.05, 0) is 6.92 Å². The van der Waals surface area contributed by atoms with Gasteiger partial charge in [-0.25, -0.2) is 0 Å². The number of amides is 1. The van der Waals surface area contributed by atoms with E-state index in [1.165, 1.54) is 0 Å². The van der Waals surface area contributed by atoms with E-state index in [-0.39, 0.29) is 35.8 Å². The van der Waals surface area contributed by atoms with Crippen molar-refractivity contribution in [3.8, 4) is 0 Å². The third-order valence-electron chi connectivity index (χ3n) is 2.30. The van der Waals surface area contributed by atoms with Crippen LogP contribution in [0.15, 0.2) is 0 Å². The molecule has 20 heavy (non-hydrogen) atoms. The maximum absolute atomic E-state index is 11.3. The van der Waals surface area contributed by atoms with Crippen LogP contribution in [0.1, 0.15) is 6.92 Å². The molecule has 9 heteroatoms. The number of halogens is 6. The summed E-state index contributed by atoms with van der Waals surface area (Å²) in [4.78, 5) is 11.1. The van der Waals surface area contributed by atoms with Gasteiger partial charge in [0.2, 0.25) is 5.91 Å². The molecule has 1 unspecified atom stereocenters. The molecule has 1 atom stereocenters. The number of rotatable bonds is 5. The second-order valence-electron chi connectivity index (χ2n) is 3.78. The number of alkyl halides is 1. The number of carbonyl (C=O) groups is 1. The van der Waals surface area contributed by atoms with Crippen molar-refractivity contribution in [3.05, 3.63) is 25.1 Å². The van der Waals surface area contributed by atoms with Crippen LogP contribution in [0.25, 0.3) is 0 Å². The summed E-state index contributed by atoms with van der Waals surface area (Å²) in [5.74, 6) is -0.115. The van der Waals surface area contributed by atoms with Crippen LogP contribution in [0.2, 0.25) is 25.1 Å². The minimum absolute atomic E-state index is 0.107. The second kappa shape index (κ2) is 8.16. The number of hydrogen-bond acceptors (Lipinski definition) is 2. The van der Waals surface area contributed by atoms with Crippen LogP contribution in [0.3, 0.4) is 0 Å². The van der Waals surface area contributed by atoms with E-state index in [0.717, 1.165) is 0 Å². The highest BCUT2D eigenvalue weighted by Gasteiger charge is 2.19. The van der Waals surface area contributed by atoms with E-state index in [2.05, 4.69) is 26.6 Å². The highest BCUT2D eigenvalue weighted by molar-refractivity contribution is 9.10. The van der Waals surface area contributed by atoms with Crippen molar-refractivity contribution in [1.82, 2.24) is 5.32 Å². The third kappa shape index (κ3) is 4.46. The molecule has 0 saturated heterocycles. The van der Waals surface area contributed by atoms with E-state index in [0.29, 0.717) is 18.8 Å². The average molecular weight is 443 g/mol. The van der Waals surface area contributed by atoms with Gasteiger partial charge < -0.3 is 10.6 Å². The van der Waals surface area contributed by atoms with E-state index in [4.69, 9.17) is 58.0 Å². The highest BCUT2D eigenvalue weighted by atomic mass is 79.9. The summed E-state index contributed by atoms with van der Waals surface area (Å²) in [7, 11) is 0. The average Bonchev–Trinajstić information content (AvgIpc) is 2.41. The summed E-state index contributed by atoms with van der Waals surface area (Å²) in [5, 5.41) is 6.40. The second-order valence-corrected chi connectivity index (χ2v) is 7.04. The van der Waals surface area contributed by atoms with Crippen LogP contribution in [-0.4, -0.2) is 23.8 Å². The number of nitrogens with one attached hydrogen (secondary N) is 2. The van der Waals surface area contributed by atoms with Crippen molar-refractivity contribution < 1.29 is 4.79 Å². The molecule has 0 aliphatic rings. The first-order valence-corrected chi connectivity index (χ1v) is 8.25. The van der Waals surface area contributed by atoms with Gasteiger partial charge in [-0.1, -0.05) is 73.9 Å². The van der Waals surface area contributed by atoms with E-state index in [1.807, 2.05) is 0 Å². The number of anilines is 1. The first-order chi connectivity index (χ1) is 9.27. The maximum atomic E-state index is 11.3. The van der Waals surface area contributed by atoms with Gasteiger partial charge in [-0.3, -0.25) is 4.79 Å². The van der Waals surface area contributed by atoms with Crippen LogP contribution in [0.4, 0.5) is 5.69 Å². The van der Waals surface area contributed by atoms with Crippen LogP contribution in [0, 0.1) is 0 Å². The Balaban J connectivity index is 2.72. The minimum Gasteiger partial charge on any atom is -0.381 e. The molecule has 1 rings (SSSR count). The Hall–Kier alpha value is 0.420. The zero-order chi connectivity index (χ0) is 15.4. The van der Waals surface area contributed by atoms with Crippen LogP contribution in [0.5, 0.6) is 0 Å². The molecular formula is C11H10BrCl5N2O. The fraction of sp³-hybridized carbons (Fsp3) is 0.364. The number of hydrogen-bond donors (Lipinski definition) is 2. The van der Waals surface area contributed by atoms with Gasteiger partial charge in [0, 0.05) is 13.1 Å². The first kappa shape index (κ1) is 18.5. The first-order valence-electron chi connectivity index (χ1n) is 5.44.